The minimum absolute atomic E-state index is 0.0148. The molecule has 3 aromatic rings. The number of carboxylic acid groups (broad SMARTS) is 1. The summed E-state index contributed by atoms with van der Waals surface area (Å²) in [6, 6.07) is 16.2. The van der Waals surface area contributed by atoms with Gasteiger partial charge in [-0.2, -0.15) is 0 Å². The third-order valence-electron chi connectivity index (χ3n) is 3.40. The maximum Gasteiger partial charge on any atom is 0.354 e. The first-order chi connectivity index (χ1) is 11.2. The SMILES string of the molecule is COc1ccc(-c2cc(C(=O)O)nc(-c3ccccn3)c2)cc1. The number of aromatic nitrogens is 2. The van der Waals surface area contributed by atoms with Gasteiger partial charge in [0.05, 0.1) is 18.5 Å². The van der Waals surface area contributed by atoms with E-state index in [2.05, 4.69) is 9.97 Å². The monoisotopic (exact) mass is 306 g/mol. The number of aromatic carboxylic acids is 1. The normalized spacial score (nSPS) is 10.3. The van der Waals surface area contributed by atoms with E-state index >= 15 is 0 Å². The minimum Gasteiger partial charge on any atom is -0.497 e. The summed E-state index contributed by atoms with van der Waals surface area (Å²) < 4.78 is 5.14. The van der Waals surface area contributed by atoms with Crippen molar-refractivity contribution in [1.82, 2.24) is 9.97 Å². The molecule has 0 radical (unpaired) electrons. The molecule has 2 aromatic heterocycles. The van der Waals surface area contributed by atoms with E-state index in [1.807, 2.05) is 36.4 Å². The van der Waals surface area contributed by atoms with Crippen molar-refractivity contribution in [2.75, 3.05) is 7.11 Å². The fourth-order valence-corrected chi connectivity index (χ4v) is 2.24. The number of methoxy groups -OCH3 is 1. The van der Waals surface area contributed by atoms with Crippen molar-refractivity contribution in [2.24, 2.45) is 0 Å². The molecule has 0 saturated carbocycles. The Labute approximate surface area is 133 Å². The van der Waals surface area contributed by atoms with Crippen molar-refractivity contribution in [3.05, 3.63) is 66.5 Å². The van der Waals surface area contributed by atoms with Gasteiger partial charge in [0.15, 0.2) is 0 Å². The summed E-state index contributed by atoms with van der Waals surface area (Å²) in [7, 11) is 1.60. The Hall–Kier alpha value is -3.21. The van der Waals surface area contributed by atoms with Crippen molar-refractivity contribution in [1.29, 1.82) is 0 Å². The van der Waals surface area contributed by atoms with Crippen LogP contribution >= 0.6 is 0 Å². The summed E-state index contributed by atoms with van der Waals surface area (Å²) in [4.78, 5) is 19.8. The van der Waals surface area contributed by atoms with Crippen LogP contribution in [0.1, 0.15) is 10.5 Å². The topological polar surface area (TPSA) is 72.3 Å². The van der Waals surface area contributed by atoms with Crippen molar-refractivity contribution in [3.8, 4) is 28.3 Å². The molecular formula is C18H14N2O3. The van der Waals surface area contributed by atoms with Crippen LogP contribution in [0.5, 0.6) is 5.75 Å². The maximum absolute atomic E-state index is 11.4. The van der Waals surface area contributed by atoms with Crippen molar-refractivity contribution >= 4 is 5.97 Å². The third-order valence-corrected chi connectivity index (χ3v) is 3.40. The minimum atomic E-state index is -1.07. The number of ether oxygens (including phenoxy) is 1. The van der Waals surface area contributed by atoms with Crippen LogP contribution in [0, 0.1) is 0 Å². The largest absolute Gasteiger partial charge is 0.497 e. The molecule has 2 heterocycles. The van der Waals surface area contributed by atoms with Gasteiger partial charge in [0, 0.05) is 6.20 Å². The first-order valence-electron chi connectivity index (χ1n) is 6.98. The van der Waals surface area contributed by atoms with Crippen LogP contribution < -0.4 is 4.74 Å². The standard InChI is InChI=1S/C18H14N2O3/c1-23-14-7-5-12(6-8-14)13-10-16(15-4-2-3-9-19-15)20-17(11-13)18(21)22/h2-11H,1H3,(H,21,22). The summed E-state index contributed by atoms with van der Waals surface area (Å²) >= 11 is 0. The van der Waals surface area contributed by atoms with Crippen LogP contribution in [0.15, 0.2) is 60.8 Å². The van der Waals surface area contributed by atoms with Crippen LogP contribution in [0.3, 0.4) is 0 Å². The number of benzene rings is 1. The summed E-state index contributed by atoms with van der Waals surface area (Å²) in [6.07, 6.45) is 1.65. The first-order valence-corrected chi connectivity index (χ1v) is 6.98. The molecule has 1 aromatic carbocycles. The molecule has 0 aliphatic rings. The second-order valence-electron chi connectivity index (χ2n) is 4.87. The summed E-state index contributed by atoms with van der Waals surface area (Å²) in [5.74, 6) is -0.330. The fraction of sp³-hybridized carbons (Fsp3) is 0.0556. The highest BCUT2D eigenvalue weighted by atomic mass is 16.5. The van der Waals surface area contributed by atoms with Gasteiger partial charge in [-0.25, -0.2) is 9.78 Å². The summed E-state index contributed by atoms with van der Waals surface area (Å²) in [5.41, 5.74) is 2.79. The van der Waals surface area contributed by atoms with Gasteiger partial charge < -0.3 is 9.84 Å². The Balaban J connectivity index is 2.12. The molecule has 0 bridgehead atoms. The summed E-state index contributed by atoms with van der Waals surface area (Å²) in [6.45, 7) is 0. The van der Waals surface area contributed by atoms with Gasteiger partial charge in [-0.05, 0) is 47.5 Å². The van der Waals surface area contributed by atoms with E-state index in [4.69, 9.17) is 4.74 Å². The van der Waals surface area contributed by atoms with Gasteiger partial charge in [0.2, 0.25) is 0 Å². The van der Waals surface area contributed by atoms with E-state index in [0.29, 0.717) is 11.4 Å². The Morgan fingerprint density at radius 1 is 1.00 bits per heavy atom. The number of pyridine rings is 2. The maximum atomic E-state index is 11.4. The molecule has 23 heavy (non-hydrogen) atoms. The van der Waals surface area contributed by atoms with Crippen molar-refractivity contribution in [2.45, 2.75) is 0 Å². The number of hydrogen-bond donors (Lipinski definition) is 1. The number of rotatable bonds is 4. The predicted molar refractivity (Wildman–Crippen MR) is 86.4 cm³/mol. The second kappa shape index (κ2) is 6.27. The summed E-state index contributed by atoms with van der Waals surface area (Å²) in [5, 5.41) is 9.31. The zero-order chi connectivity index (χ0) is 16.2. The fourth-order valence-electron chi connectivity index (χ4n) is 2.24. The Morgan fingerprint density at radius 3 is 2.39 bits per heavy atom. The highest BCUT2D eigenvalue weighted by molar-refractivity contribution is 5.88. The van der Waals surface area contributed by atoms with E-state index in [9.17, 15) is 9.90 Å². The van der Waals surface area contributed by atoms with Gasteiger partial charge in [-0.1, -0.05) is 18.2 Å². The molecule has 5 nitrogen and oxygen atoms in total. The molecule has 0 aliphatic carbocycles. The molecule has 0 fully saturated rings. The Kier molecular flexibility index (Phi) is 4.01. The number of hydrogen-bond acceptors (Lipinski definition) is 4. The highest BCUT2D eigenvalue weighted by Crippen LogP contribution is 2.26. The van der Waals surface area contributed by atoms with Gasteiger partial charge in [-0.3, -0.25) is 4.98 Å². The van der Waals surface area contributed by atoms with Gasteiger partial charge >= 0.3 is 5.97 Å². The highest BCUT2D eigenvalue weighted by Gasteiger charge is 2.12. The average Bonchev–Trinajstić information content (AvgIpc) is 2.62. The van der Waals surface area contributed by atoms with Gasteiger partial charge in [0.25, 0.3) is 0 Å². The predicted octanol–water partition coefficient (Wildman–Crippen LogP) is 3.52. The molecule has 0 atom stereocenters. The van der Waals surface area contributed by atoms with E-state index in [-0.39, 0.29) is 5.69 Å². The molecule has 0 spiro atoms. The zero-order valence-corrected chi connectivity index (χ0v) is 12.4. The lowest BCUT2D eigenvalue weighted by atomic mass is 10.0. The van der Waals surface area contributed by atoms with Crippen molar-refractivity contribution in [3.63, 3.8) is 0 Å². The molecule has 0 unspecified atom stereocenters. The number of nitrogens with zero attached hydrogens (tertiary/aromatic N) is 2. The molecule has 114 valence electrons. The second-order valence-corrected chi connectivity index (χ2v) is 4.87. The lowest BCUT2D eigenvalue weighted by molar-refractivity contribution is 0.0690. The molecule has 5 heteroatoms. The van der Waals surface area contributed by atoms with Crippen LogP contribution in [-0.4, -0.2) is 28.2 Å². The van der Waals surface area contributed by atoms with Crippen LogP contribution in [0.2, 0.25) is 0 Å². The van der Waals surface area contributed by atoms with Crippen LogP contribution in [0.25, 0.3) is 22.5 Å². The van der Waals surface area contributed by atoms with E-state index in [1.165, 1.54) is 0 Å². The zero-order valence-electron chi connectivity index (χ0n) is 12.4. The Bertz CT molecular complexity index is 831. The van der Waals surface area contributed by atoms with Gasteiger partial charge in [0.1, 0.15) is 11.4 Å². The molecule has 0 aliphatic heterocycles. The van der Waals surface area contributed by atoms with Crippen molar-refractivity contribution < 1.29 is 14.6 Å². The van der Waals surface area contributed by atoms with Crippen LogP contribution in [0.4, 0.5) is 0 Å². The van der Waals surface area contributed by atoms with E-state index in [1.54, 1.807) is 31.5 Å². The molecule has 0 saturated heterocycles. The molecule has 0 amide bonds. The smallest absolute Gasteiger partial charge is 0.354 e. The molecular weight excluding hydrogens is 292 g/mol. The molecule has 3 rings (SSSR count). The van der Waals surface area contributed by atoms with Gasteiger partial charge in [-0.15, -0.1) is 0 Å². The van der Waals surface area contributed by atoms with E-state index in [0.717, 1.165) is 16.9 Å². The van der Waals surface area contributed by atoms with Crippen LogP contribution in [-0.2, 0) is 0 Å². The lowest BCUT2D eigenvalue weighted by Crippen LogP contribution is -2.02. The molecule has 1 N–H and O–H groups in total. The van der Waals surface area contributed by atoms with E-state index < -0.39 is 5.97 Å². The lowest BCUT2D eigenvalue weighted by Gasteiger charge is -2.08. The number of carboxylic acids is 1. The third kappa shape index (κ3) is 3.18. The Morgan fingerprint density at radius 2 is 1.78 bits per heavy atom. The first kappa shape index (κ1) is 14.7. The average molecular weight is 306 g/mol. The number of carbonyl (C=O) groups is 1. The quantitative estimate of drug-likeness (QED) is 0.798.